The maximum Gasteiger partial charge on any atom is 0.416 e. The van der Waals surface area contributed by atoms with Crippen LogP contribution in [0.2, 0.25) is 0 Å². The molecule has 3 nitrogen and oxygen atoms in total. The monoisotopic (exact) mass is 553 g/mol. The third kappa shape index (κ3) is 6.89. The van der Waals surface area contributed by atoms with E-state index in [-0.39, 0.29) is 26.0 Å². The van der Waals surface area contributed by atoms with E-state index in [0.717, 1.165) is 12.1 Å². The van der Waals surface area contributed by atoms with Crippen LogP contribution in [0.4, 0.5) is 39.5 Å². The normalized spacial score (nSPS) is 19.4. The maximum absolute atomic E-state index is 13.8. The molecule has 1 fully saturated rings. The van der Waals surface area contributed by atoms with Crippen molar-refractivity contribution in [3.8, 4) is 0 Å². The van der Waals surface area contributed by atoms with Gasteiger partial charge in [-0.1, -0.05) is 17.7 Å². The zero-order chi connectivity index (χ0) is 28.5. The molecule has 0 spiro atoms. The minimum absolute atomic E-state index is 0.0334. The molecule has 208 valence electrons. The quantitative estimate of drug-likeness (QED) is 0.213. The van der Waals surface area contributed by atoms with Gasteiger partial charge in [-0.3, -0.25) is 4.90 Å². The number of nitrogens with zero attached hydrogens (tertiary/aromatic N) is 1. The molecule has 38 heavy (non-hydrogen) atoms. The molecule has 0 aromatic heterocycles. The fraction of sp³-hybridized carbons (Fsp3) is 0.423. The van der Waals surface area contributed by atoms with E-state index in [1.807, 2.05) is 0 Å². The van der Waals surface area contributed by atoms with Gasteiger partial charge in [-0.2, -0.15) is 39.5 Å². The largest absolute Gasteiger partial charge is 0.463 e. The van der Waals surface area contributed by atoms with Gasteiger partial charge in [0, 0.05) is 24.7 Å². The summed E-state index contributed by atoms with van der Waals surface area (Å²) in [6.45, 7) is 3.05. The first kappa shape index (κ1) is 29.5. The molecule has 2 aromatic carbocycles. The number of carbonyl (C=O) groups excluding carboxylic acids is 1. The van der Waals surface area contributed by atoms with E-state index in [1.54, 1.807) is 6.92 Å². The van der Waals surface area contributed by atoms with E-state index in [1.165, 1.54) is 30.0 Å². The molecule has 1 aliphatic heterocycles. The molecule has 0 aliphatic carbocycles. The predicted octanol–water partition coefficient (Wildman–Crippen LogP) is 8.13. The molecular formula is C26H24F9NO2. The SMILES string of the molecule is CCOC(=O)C=C1CCN(C(C)c2cc(C(F)(F)F)ccc2C(F)(F)F)C(c2ccc(C(F)(F)F)cc2)C1. The van der Waals surface area contributed by atoms with Crippen molar-refractivity contribution in [2.45, 2.75) is 57.3 Å². The first-order chi connectivity index (χ1) is 17.5. The van der Waals surface area contributed by atoms with Gasteiger partial charge >= 0.3 is 24.5 Å². The molecule has 2 unspecified atom stereocenters. The molecule has 0 N–H and O–H groups in total. The number of hydrogen-bond donors (Lipinski definition) is 0. The van der Waals surface area contributed by atoms with Crippen LogP contribution < -0.4 is 0 Å². The van der Waals surface area contributed by atoms with Crippen molar-refractivity contribution in [1.29, 1.82) is 0 Å². The number of ether oxygens (including phenoxy) is 1. The van der Waals surface area contributed by atoms with E-state index >= 15 is 0 Å². The van der Waals surface area contributed by atoms with Crippen molar-refractivity contribution in [3.63, 3.8) is 0 Å². The maximum atomic E-state index is 13.8. The molecule has 2 aromatic rings. The van der Waals surface area contributed by atoms with Crippen molar-refractivity contribution in [2.75, 3.05) is 13.2 Å². The summed E-state index contributed by atoms with van der Waals surface area (Å²) in [6, 6.07) is 3.19. The zero-order valence-electron chi connectivity index (χ0n) is 20.3. The Morgan fingerprint density at radius 3 is 2.05 bits per heavy atom. The molecule has 0 amide bonds. The second-order valence-corrected chi connectivity index (χ2v) is 8.86. The van der Waals surface area contributed by atoms with Crippen molar-refractivity contribution < 1.29 is 49.0 Å². The van der Waals surface area contributed by atoms with Crippen LogP contribution in [-0.4, -0.2) is 24.0 Å². The van der Waals surface area contributed by atoms with E-state index in [4.69, 9.17) is 4.74 Å². The lowest BCUT2D eigenvalue weighted by molar-refractivity contribution is -0.142. The highest BCUT2D eigenvalue weighted by Crippen LogP contribution is 2.45. The van der Waals surface area contributed by atoms with Crippen LogP contribution in [0.25, 0.3) is 0 Å². The summed E-state index contributed by atoms with van der Waals surface area (Å²) < 4.78 is 126. The van der Waals surface area contributed by atoms with Crippen molar-refractivity contribution in [2.24, 2.45) is 0 Å². The Morgan fingerprint density at radius 1 is 0.947 bits per heavy atom. The molecular weight excluding hydrogens is 529 g/mol. The third-order valence-corrected chi connectivity index (χ3v) is 6.41. The van der Waals surface area contributed by atoms with E-state index < -0.39 is 58.8 Å². The minimum atomic E-state index is -4.94. The van der Waals surface area contributed by atoms with Crippen LogP contribution in [0.15, 0.2) is 54.1 Å². The van der Waals surface area contributed by atoms with Gasteiger partial charge in [-0.15, -0.1) is 0 Å². The Kier molecular flexibility index (Phi) is 8.55. The summed E-state index contributed by atoms with van der Waals surface area (Å²) in [6.07, 6.45) is -13.0. The number of alkyl halides is 9. The van der Waals surface area contributed by atoms with E-state index in [0.29, 0.717) is 29.3 Å². The molecule has 0 radical (unpaired) electrons. The summed E-state index contributed by atoms with van der Waals surface area (Å²) in [5.74, 6) is -0.646. The Balaban J connectivity index is 2.08. The van der Waals surface area contributed by atoms with Crippen LogP contribution in [0.3, 0.4) is 0 Å². The third-order valence-electron chi connectivity index (χ3n) is 6.41. The van der Waals surface area contributed by atoms with E-state index in [9.17, 15) is 44.3 Å². The second-order valence-electron chi connectivity index (χ2n) is 8.86. The topological polar surface area (TPSA) is 29.5 Å². The number of rotatable bonds is 5. The highest BCUT2D eigenvalue weighted by Gasteiger charge is 2.41. The highest BCUT2D eigenvalue weighted by molar-refractivity contribution is 5.82. The molecule has 1 saturated heterocycles. The van der Waals surface area contributed by atoms with Crippen molar-refractivity contribution >= 4 is 5.97 Å². The number of piperidine rings is 1. The van der Waals surface area contributed by atoms with Gasteiger partial charge in [-0.25, -0.2) is 4.79 Å². The van der Waals surface area contributed by atoms with Gasteiger partial charge < -0.3 is 4.74 Å². The van der Waals surface area contributed by atoms with Crippen LogP contribution in [0.1, 0.15) is 66.6 Å². The first-order valence-electron chi connectivity index (χ1n) is 11.6. The summed E-state index contributed by atoms with van der Waals surface area (Å²) >= 11 is 0. The van der Waals surface area contributed by atoms with Crippen molar-refractivity contribution in [1.82, 2.24) is 4.90 Å². The van der Waals surface area contributed by atoms with Crippen LogP contribution >= 0.6 is 0 Å². The fourth-order valence-corrected chi connectivity index (χ4v) is 4.57. The lowest BCUT2D eigenvalue weighted by Crippen LogP contribution is -2.37. The summed E-state index contributed by atoms with van der Waals surface area (Å²) in [5.41, 5.74) is -3.18. The van der Waals surface area contributed by atoms with Crippen LogP contribution in [0, 0.1) is 0 Å². The number of benzene rings is 2. The highest BCUT2D eigenvalue weighted by atomic mass is 19.4. The van der Waals surface area contributed by atoms with Gasteiger partial charge in [0.05, 0.1) is 23.3 Å². The van der Waals surface area contributed by atoms with Gasteiger partial charge in [0.15, 0.2) is 0 Å². The van der Waals surface area contributed by atoms with Crippen LogP contribution in [-0.2, 0) is 28.1 Å². The molecule has 1 aliphatic rings. The predicted molar refractivity (Wildman–Crippen MR) is 120 cm³/mol. The average molecular weight is 553 g/mol. The molecule has 0 bridgehead atoms. The van der Waals surface area contributed by atoms with Gasteiger partial charge in [0.1, 0.15) is 0 Å². The standard InChI is InChI=1S/C26H24F9NO2/c1-3-38-23(37)13-16-10-11-36(22(12-16)17-4-6-18(7-5-17)24(27,28)29)15(2)20-14-19(25(30,31)32)8-9-21(20)26(33,34)35/h4-9,13-15,22H,3,10-12H2,1-2H3. The van der Waals surface area contributed by atoms with Gasteiger partial charge in [0.2, 0.25) is 0 Å². The molecule has 1 heterocycles. The summed E-state index contributed by atoms with van der Waals surface area (Å²) in [7, 11) is 0. The summed E-state index contributed by atoms with van der Waals surface area (Å²) in [4.78, 5) is 13.5. The smallest absolute Gasteiger partial charge is 0.416 e. The Bertz CT molecular complexity index is 1170. The average Bonchev–Trinajstić information content (AvgIpc) is 2.82. The number of likely N-dealkylation sites (tertiary alicyclic amines) is 1. The molecule has 2 atom stereocenters. The molecule has 12 heteroatoms. The lowest BCUT2D eigenvalue weighted by Gasteiger charge is -2.42. The number of halogens is 9. The Hall–Kier alpha value is -3.02. The Labute approximate surface area is 212 Å². The first-order valence-corrected chi connectivity index (χ1v) is 11.6. The van der Waals surface area contributed by atoms with Gasteiger partial charge in [-0.05, 0) is 68.1 Å². The number of carbonyl (C=O) groups is 1. The Morgan fingerprint density at radius 2 is 1.53 bits per heavy atom. The summed E-state index contributed by atoms with van der Waals surface area (Å²) in [5, 5.41) is 0. The second kappa shape index (κ2) is 11.0. The zero-order valence-corrected chi connectivity index (χ0v) is 20.3. The van der Waals surface area contributed by atoms with Gasteiger partial charge in [0.25, 0.3) is 0 Å². The van der Waals surface area contributed by atoms with Crippen molar-refractivity contribution in [3.05, 3.63) is 81.9 Å². The minimum Gasteiger partial charge on any atom is -0.463 e. The van der Waals surface area contributed by atoms with Crippen LogP contribution in [0.5, 0.6) is 0 Å². The number of esters is 1. The molecule has 3 rings (SSSR count). The fourth-order valence-electron chi connectivity index (χ4n) is 4.57. The van der Waals surface area contributed by atoms with E-state index in [2.05, 4.69) is 0 Å². The molecule has 0 saturated carbocycles. The lowest BCUT2D eigenvalue weighted by atomic mass is 9.87. The number of hydrogen-bond acceptors (Lipinski definition) is 3.